The molecule has 33 heavy (non-hydrogen) atoms. The Labute approximate surface area is 198 Å². The fraction of sp³-hybridized carbons (Fsp3) is 0.440. The molecule has 0 spiro atoms. The number of hydrogen-bond acceptors (Lipinski definition) is 7. The number of hydrogen-bond donors (Lipinski definition) is 0. The smallest absolute Gasteiger partial charge is 0.232 e. The summed E-state index contributed by atoms with van der Waals surface area (Å²) >= 11 is 1.68. The Morgan fingerprint density at radius 2 is 1.82 bits per heavy atom. The van der Waals surface area contributed by atoms with Crippen molar-refractivity contribution < 1.29 is 9.32 Å². The van der Waals surface area contributed by atoms with Gasteiger partial charge in [-0.2, -0.15) is 4.98 Å². The van der Waals surface area contributed by atoms with E-state index in [-0.39, 0.29) is 5.91 Å². The summed E-state index contributed by atoms with van der Waals surface area (Å²) in [5.74, 6) is 4.31. The Kier molecular flexibility index (Phi) is 6.90. The second kappa shape index (κ2) is 10.4. The molecule has 1 saturated heterocycles. The first kappa shape index (κ1) is 21.9. The van der Waals surface area contributed by atoms with Crippen molar-refractivity contribution in [3.63, 3.8) is 0 Å². The Balaban J connectivity index is 1.10. The number of pyridine rings is 1. The summed E-state index contributed by atoms with van der Waals surface area (Å²) < 4.78 is 5.50. The molecule has 1 aliphatic carbocycles. The number of carbonyl (C=O) groups is 1. The van der Waals surface area contributed by atoms with Crippen molar-refractivity contribution in [2.75, 3.05) is 36.8 Å². The summed E-state index contributed by atoms with van der Waals surface area (Å²) in [5.41, 5.74) is 2.13. The molecule has 1 aliphatic heterocycles. The van der Waals surface area contributed by atoms with Crippen LogP contribution >= 0.6 is 11.8 Å². The summed E-state index contributed by atoms with van der Waals surface area (Å²) in [4.78, 5) is 26.0. The van der Waals surface area contributed by atoms with Gasteiger partial charge in [-0.15, -0.1) is 11.8 Å². The summed E-state index contributed by atoms with van der Waals surface area (Å²) in [6.07, 6.45) is 6.57. The van der Waals surface area contributed by atoms with E-state index in [0.29, 0.717) is 17.5 Å². The zero-order chi connectivity index (χ0) is 22.5. The van der Waals surface area contributed by atoms with Crippen LogP contribution in [0.25, 0.3) is 11.4 Å². The van der Waals surface area contributed by atoms with Gasteiger partial charge in [-0.05, 0) is 30.5 Å². The fourth-order valence-electron chi connectivity index (χ4n) is 4.50. The van der Waals surface area contributed by atoms with Crippen molar-refractivity contribution in [3.8, 4) is 11.4 Å². The number of nitrogens with zero attached hydrogens (tertiary/aromatic N) is 5. The third-order valence-corrected chi connectivity index (χ3v) is 7.43. The van der Waals surface area contributed by atoms with Gasteiger partial charge in [0.25, 0.3) is 0 Å². The second-order valence-corrected chi connectivity index (χ2v) is 9.67. The summed E-state index contributed by atoms with van der Waals surface area (Å²) in [6.45, 7) is 3.03. The standard InChI is InChI=1S/C25H29N5O2S/c31-23(18-33-17-19-6-2-1-3-7-19)30-14-12-29(13-15-30)22-11-10-21(16-26-22)24-27-25(32-28-24)20-8-4-5-9-20/h1-3,6-7,10-11,16,20H,4-5,8-9,12-15,17-18H2. The monoisotopic (exact) mass is 463 g/mol. The maximum absolute atomic E-state index is 12.6. The van der Waals surface area contributed by atoms with Crippen LogP contribution in [0.2, 0.25) is 0 Å². The highest BCUT2D eigenvalue weighted by Crippen LogP contribution is 2.34. The lowest BCUT2D eigenvalue weighted by atomic mass is 10.1. The molecule has 0 unspecified atom stereocenters. The second-order valence-electron chi connectivity index (χ2n) is 8.69. The van der Waals surface area contributed by atoms with Gasteiger partial charge in [0.1, 0.15) is 5.82 Å². The Morgan fingerprint density at radius 3 is 2.55 bits per heavy atom. The van der Waals surface area contributed by atoms with Gasteiger partial charge < -0.3 is 14.3 Å². The highest BCUT2D eigenvalue weighted by atomic mass is 32.2. The van der Waals surface area contributed by atoms with Gasteiger partial charge in [-0.1, -0.05) is 48.3 Å². The molecular formula is C25H29N5O2S. The number of thioether (sulfide) groups is 1. The third kappa shape index (κ3) is 5.38. The van der Waals surface area contributed by atoms with Crippen molar-refractivity contribution in [2.45, 2.75) is 37.4 Å². The van der Waals surface area contributed by atoms with Crippen molar-refractivity contribution in [2.24, 2.45) is 0 Å². The van der Waals surface area contributed by atoms with Crippen molar-refractivity contribution in [3.05, 3.63) is 60.1 Å². The minimum atomic E-state index is 0.217. The lowest BCUT2D eigenvalue weighted by Crippen LogP contribution is -2.49. The first-order valence-corrected chi connectivity index (χ1v) is 12.9. The van der Waals surface area contributed by atoms with E-state index in [4.69, 9.17) is 4.52 Å². The normalized spacial score (nSPS) is 17.0. The number of carbonyl (C=O) groups excluding carboxylic acids is 1. The largest absolute Gasteiger partial charge is 0.353 e. The summed E-state index contributed by atoms with van der Waals surface area (Å²) in [6, 6.07) is 14.3. The molecule has 1 aromatic carbocycles. The van der Waals surface area contributed by atoms with E-state index in [1.165, 1.54) is 18.4 Å². The van der Waals surface area contributed by atoms with Crippen LogP contribution in [-0.2, 0) is 10.5 Å². The van der Waals surface area contributed by atoms with E-state index in [0.717, 1.165) is 62.0 Å². The molecule has 2 aliphatic rings. The average Bonchev–Trinajstić information content (AvgIpc) is 3.57. The number of anilines is 1. The highest BCUT2D eigenvalue weighted by Gasteiger charge is 2.24. The van der Waals surface area contributed by atoms with Crippen LogP contribution in [0.3, 0.4) is 0 Å². The predicted molar refractivity (Wildman–Crippen MR) is 130 cm³/mol. The van der Waals surface area contributed by atoms with Crippen LogP contribution in [0, 0.1) is 0 Å². The van der Waals surface area contributed by atoms with Gasteiger partial charge in [0, 0.05) is 49.6 Å². The predicted octanol–water partition coefficient (Wildman–Crippen LogP) is 4.37. The quantitative estimate of drug-likeness (QED) is 0.515. The number of rotatable bonds is 7. The average molecular weight is 464 g/mol. The maximum atomic E-state index is 12.6. The molecule has 3 aromatic rings. The van der Waals surface area contributed by atoms with E-state index in [1.807, 2.05) is 41.4 Å². The van der Waals surface area contributed by atoms with Crippen LogP contribution in [0.1, 0.15) is 43.1 Å². The molecule has 1 saturated carbocycles. The molecule has 8 heteroatoms. The van der Waals surface area contributed by atoms with Gasteiger partial charge in [0.05, 0.1) is 5.75 Å². The number of benzene rings is 1. The van der Waals surface area contributed by atoms with E-state index >= 15 is 0 Å². The molecule has 7 nitrogen and oxygen atoms in total. The molecule has 2 fully saturated rings. The van der Waals surface area contributed by atoms with Crippen LogP contribution in [0.4, 0.5) is 5.82 Å². The van der Waals surface area contributed by atoms with Crippen LogP contribution in [-0.4, -0.2) is 57.9 Å². The van der Waals surface area contributed by atoms with Crippen molar-refractivity contribution >= 4 is 23.5 Å². The van der Waals surface area contributed by atoms with Gasteiger partial charge in [-0.25, -0.2) is 4.98 Å². The van der Waals surface area contributed by atoms with Crippen LogP contribution in [0.5, 0.6) is 0 Å². The van der Waals surface area contributed by atoms with Crippen molar-refractivity contribution in [1.29, 1.82) is 0 Å². The molecule has 2 aromatic heterocycles. The van der Waals surface area contributed by atoms with Crippen LogP contribution < -0.4 is 4.90 Å². The molecule has 0 N–H and O–H groups in total. The number of piperazine rings is 1. The van der Waals surface area contributed by atoms with Gasteiger partial charge >= 0.3 is 0 Å². The van der Waals surface area contributed by atoms with Crippen molar-refractivity contribution in [1.82, 2.24) is 20.0 Å². The molecular weight excluding hydrogens is 434 g/mol. The summed E-state index contributed by atoms with van der Waals surface area (Å²) in [5, 5.41) is 4.16. The molecule has 3 heterocycles. The Morgan fingerprint density at radius 1 is 1.03 bits per heavy atom. The maximum Gasteiger partial charge on any atom is 0.232 e. The molecule has 0 atom stereocenters. The first-order valence-electron chi connectivity index (χ1n) is 11.7. The topological polar surface area (TPSA) is 75.4 Å². The van der Waals surface area contributed by atoms with E-state index < -0.39 is 0 Å². The third-order valence-electron chi connectivity index (χ3n) is 6.45. The Bertz CT molecular complexity index is 1040. The lowest BCUT2D eigenvalue weighted by molar-refractivity contribution is -0.128. The molecule has 5 rings (SSSR count). The molecule has 0 bridgehead atoms. The molecule has 1 amide bonds. The minimum absolute atomic E-state index is 0.217. The molecule has 172 valence electrons. The van der Waals surface area contributed by atoms with Gasteiger partial charge in [0.15, 0.2) is 0 Å². The van der Waals surface area contributed by atoms with E-state index in [1.54, 1.807) is 11.8 Å². The van der Waals surface area contributed by atoms with Gasteiger partial charge in [0.2, 0.25) is 17.6 Å². The first-order chi connectivity index (χ1) is 16.3. The van der Waals surface area contributed by atoms with E-state index in [9.17, 15) is 4.79 Å². The van der Waals surface area contributed by atoms with Gasteiger partial charge in [-0.3, -0.25) is 4.79 Å². The number of amides is 1. The number of aromatic nitrogens is 3. The summed E-state index contributed by atoms with van der Waals surface area (Å²) in [7, 11) is 0. The van der Waals surface area contributed by atoms with E-state index in [2.05, 4.69) is 32.2 Å². The molecule has 0 radical (unpaired) electrons. The fourth-order valence-corrected chi connectivity index (χ4v) is 5.39. The highest BCUT2D eigenvalue weighted by molar-refractivity contribution is 7.99. The minimum Gasteiger partial charge on any atom is -0.353 e. The zero-order valence-corrected chi connectivity index (χ0v) is 19.5. The SMILES string of the molecule is O=C(CSCc1ccccc1)N1CCN(c2ccc(-c3noc(C4CCCC4)n3)cn2)CC1. The lowest BCUT2D eigenvalue weighted by Gasteiger charge is -2.35. The van der Waals surface area contributed by atoms with Crippen LogP contribution in [0.15, 0.2) is 53.2 Å². The Hall–Kier alpha value is -2.87. The zero-order valence-electron chi connectivity index (χ0n) is 18.7.